The summed E-state index contributed by atoms with van der Waals surface area (Å²) in [5, 5.41) is 11.5. The van der Waals surface area contributed by atoms with Gasteiger partial charge in [0.05, 0.1) is 6.07 Å². The largest absolute Gasteiger partial charge is 0.319 e. The molecular formula is C7H12N2. The van der Waals surface area contributed by atoms with Crippen LogP contribution < -0.4 is 5.32 Å². The van der Waals surface area contributed by atoms with E-state index in [4.69, 9.17) is 5.26 Å². The molecule has 0 aliphatic heterocycles. The minimum absolute atomic E-state index is 0.378. The van der Waals surface area contributed by atoms with Crippen molar-refractivity contribution >= 4 is 0 Å². The SMILES string of the molecule is CNCC1(CC#N)CC1. The van der Waals surface area contributed by atoms with Crippen molar-refractivity contribution in [1.82, 2.24) is 5.32 Å². The number of nitrogens with one attached hydrogen (secondary N) is 1. The van der Waals surface area contributed by atoms with E-state index in [-0.39, 0.29) is 0 Å². The van der Waals surface area contributed by atoms with Crippen LogP contribution >= 0.6 is 0 Å². The smallest absolute Gasteiger partial charge is 0.0628 e. The van der Waals surface area contributed by atoms with Crippen LogP contribution in [0.25, 0.3) is 0 Å². The van der Waals surface area contributed by atoms with Gasteiger partial charge < -0.3 is 5.32 Å². The maximum absolute atomic E-state index is 8.39. The first kappa shape index (κ1) is 6.57. The zero-order valence-electron chi connectivity index (χ0n) is 5.78. The summed E-state index contributed by atoms with van der Waals surface area (Å²) in [5.41, 5.74) is 0.378. The average molecular weight is 124 g/mol. The van der Waals surface area contributed by atoms with Crippen molar-refractivity contribution in [1.29, 1.82) is 5.26 Å². The predicted octanol–water partition coefficient (Wildman–Crippen LogP) is 0.900. The van der Waals surface area contributed by atoms with Gasteiger partial charge in [-0.3, -0.25) is 0 Å². The van der Waals surface area contributed by atoms with Gasteiger partial charge in [0.2, 0.25) is 0 Å². The van der Waals surface area contributed by atoms with E-state index in [2.05, 4.69) is 11.4 Å². The van der Waals surface area contributed by atoms with Crippen molar-refractivity contribution in [3.8, 4) is 6.07 Å². The molecule has 1 rings (SSSR count). The summed E-state index contributed by atoms with van der Waals surface area (Å²) >= 11 is 0. The fourth-order valence-corrected chi connectivity index (χ4v) is 1.14. The third-order valence-electron chi connectivity index (χ3n) is 1.96. The summed E-state index contributed by atoms with van der Waals surface area (Å²) in [4.78, 5) is 0. The molecular weight excluding hydrogens is 112 g/mol. The first-order valence-electron chi connectivity index (χ1n) is 3.34. The van der Waals surface area contributed by atoms with E-state index in [0.717, 1.165) is 13.0 Å². The van der Waals surface area contributed by atoms with Crippen molar-refractivity contribution in [3.05, 3.63) is 0 Å². The van der Waals surface area contributed by atoms with Crippen molar-refractivity contribution in [2.24, 2.45) is 5.41 Å². The molecule has 1 fully saturated rings. The van der Waals surface area contributed by atoms with Crippen molar-refractivity contribution in [3.63, 3.8) is 0 Å². The van der Waals surface area contributed by atoms with E-state index >= 15 is 0 Å². The summed E-state index contributed by atoms with van der Waals surface area (Å²) in [5.74, 6) is 0. The molecule has 0 aromatic rings. The molecule has 0 bridgehead atoms. The molecule has 0 aromatic carbocycles. The molecule has 9 heavy (non-hydrogen) atoms. The normalized spacial score (nSPS) is 20.9. The Morgan fingerprint density at radius 2 is 2.33 bits per heavy atom. The highest BCUT2D eigenvalue weighted by Crippen LogP contribution is 2.47. The molecule has 1 saturated carbocycles. The fourth-order valence-electron chi connectivity index (χ4n) is 1.14. The molecule has 0 heterocycles. The number of nitrogens with zero attached hydrogens (tertiary/aromatic N) is 1. The van der Waals surface area contributed by atoms with E-state index in [9.17, 15) is 0 Å². The molecule has 0 saturated heterocycles. The molecule has 1 N–H and O–H groups in total. The molecule has 0 spiro atoms. The lowest BCUT2D eigenvalue weighted by Crippen LogP contribution is -2.19. The average Bonchev–Trinajstić information content (AvgIpc) is 2.51. The van der Waals surface area contributed by atoms with Crippen LogP contribution in [0.4, 0.5) is 0 Å². The van der Waals surface area contributed by atoms with Crippen molar-refractivity contribution < 1.29 is 0 Å². The summed E-state index contributed by atoms with van der Waals surface area (Å²) in [6.45, 7) is 1.01. The van der Waals surface area contributed by atoms with Gasteiger partial charge in [0.15, 0.2) is 0 Å². The van der Waals surface area contributed by atoms with Gasteiger partial charge >= 0.3 is 0 Å². The highest BCUT2D eigenvalue weighted by molar-refractivity contribution is 5.00. The van der Waals surface area contributed by atoms with Gasteiger partial charge in [0.25, 0.3) is 0 Å². The zero-order valence-corrected chi connectivity index (χ0v) is 5.78. The minimum Gasteiger partial charge on any atom is -0.319 e. The topological polar surface area (TPSA) is 35.8 Å². The predicted molar refractivity (Wildman–Crippen MR) is 35.8 cm³/mol. The van der Waals surface area contributed by atoms with Crippen LogP contribution in [0.1, 0.15) is 19.3 Å². The molecule has 2 heteroatoms. The van der Waals surface area contributed by atoms with Crippen LogP contribution in [0.15, 0.2) is 0 Å². The molecule has 0 amide bonds. The third-order valence-corrected chi connectivity index (χ3v) is 1.96. The van der Waals surface area contributed by atoms with Crippen LogP contribution in [-0.2, 0) is 0 Å². The third kappa shape index (κ3) is 1.43. The fraction of sp³-hybridized carbons (Fsp3) is 0.857. The van der Waals surface area contributed by atoms with Gasteiger partial charge in [-0.05, 0) is 25.3 Å². The molecule has 2 nitrogen and oxygen atoms in total. The molecule has 0 unspecified atom stereocenters. The van der Waals surface area contributed by atoms with Crippen LogP contribution in [0.2, 0.25) is 0 Å². The first-order chi connectivity index (χ1) is 4.33. The minimum atomic E-state index is 0.378. The lowest BCUT2D eigenvalue weighted by molar-refractivity contribution is 0.492. The Morgan fingerprint density at radius 1 is 1.67 bits per heavy atom. The second-order valence-electron chi connectivity index (χ2n) is 2.87. The molecule has 50 valence electrons. The lowest BCUT2D eigenvalue weighted by atomic mass is 10.0. The van der Waals surface area contributed by atoms with Gasteiger partial charge in [-0.15, -0.1) is 0 Å². The Labute approximate surface area is 55.9 Å². The summed E-state index contributed by atoms with van der Waals surface area (Å²) < 4.78 is 0. The highest BCUT2D eigenvalue weighted by atomic mass is 14.8. The number of nitriles is 1. The summed E-state index contributed by atoms with van der Waals surface area (Å²) in [7, 11) is 1.94. The molecule has 0 aromatic heterocycles. The van der Waals surface area contributed by atoms with Gasteiger partial charge in [-0.2, -0.15) is 5.26 Å². The number of hydrogen-bond donors (Lipinski definition) is 1. The first-order valence-corrected chi connectivity index (χ1v) is 3.34. The lowest BCUT2D eigenvalue weighted by Gasteiger charge is -2.07. The van der Waals surface area contributed by atoms with E-state index in [1.807, 2.05) is 7.05 Å². The van der Waals surface area contributed by atoms with Crippen molar-refractivity contribution in [2.75, 3.05) is 13.6 Å². The Bertz CT molecular complexity index is 130. The van der Waals surface area contributed by atoms with Gasteiger partial charge in [0.1, 0.15) is 0 Å². The molecule has 0 radical (unpaired) electrons. The van der Waals surface area contributed by atoms with E-state index < -0.39 is 0 Å². The molecule has 0 atom stereocenters. The second kappa shape index (κ2) is 2.36. The molecule has 1 aliphatic rings. The van der Waals surface area contributed by atoms with Crippen LogP contribution in [-0.4, -0.2) is 13.6 Å². The maximum atomic E-state index is 8.39. The van der Waals surface area contributed by atoms with Crippen LogP contribution in [0.3, 0.4) is 0 Å². The standard InChI is InChI=1S/C7H12N2/c1-9-6-7(2-3-7)4-5-8/h9H,2-4,6H2,1H3. The zero-order chi connectivity index (χ0) is 6.74. The van der Waals surface area contributed by atoms with Crippen LogP contribution in [0.5, 0.6) is 0 Å². The second-order valence-corrected chi connectivity index (χ2v) is 2.87. The quantitative estimate of drug-likeness (QED) is 0.606. The summed E-state index contributed by atoms with van der Waals surface area (Å²) in [6, 6.07) is 2.22. The maximum Gasteiger partial charge on any atom is 0.0628 e. The summed E-state index contributed by atoms with van der Waals surface area (Å²) in [6.07, 6.45) is 3.20. The Hall–Kier alpha value is -0.550. The molecule has 1 aliphatic carbocycles. The highest BCUT2D eigenvalue weighted by Gasteiger charge is 2.41. The van der Waals surface area contributed by atoms with Gasteiger partial charge in [0, 0.05) is 13.0 Å². The van der Waals surface area contributed by atoms with Gasteiger partial charge in [-0.25, -0.2) is 0 Å². The number of rotatable bonds is 3. The van der Waals surface area contributed by atoms with Gasteiger partial charge in [-0.1, -0.05) is 0 Å². The number of hydrogen-bond acceptors (Lipinski definition) is 2. The van der Waals surface area contributed by atoms with E-state index in [0.29, 0.717) is 5.41 Å². The van der Waals surface area contributed by atoms with E-state index in [1.165, 1.54) is 12.8 Å². The monoisotopic (exact) mass is 124 g/mol. The van der Waals surface area contributed by atoms with Crippen LogP contribution in [0, 0.1) is 16.7 Å². The Kier molecular flexibility index (Phi) is 1.73. The Balaban J connectivity index is 2.27. The van der Waals surface area contributed by atoms with Crippen molar-refractivity contribution in [2.45, 2.75) is 19.3 Å². The Morgan fingerprint density at radius 3 is 2.67 bits per heavy atom. The van der Waals surface area contributed by atoms with E-state index in [1.54, 1.807) is 0 Å².